The predicted octanol–water partition coefficient (Wildman–Crippen LogP) is 2.15. The van der Waals surface area contributed by atoms with Crippen LogP contribution in [0.5, 0.6) is 0 Å². The number of carbonyl (C=O) groups excluding carboxylic acids is 1. The fraction of sp³-hybridized carbons (Fsp3) is 0.444. The van der Waals surface area contributed by atoms with E-state index in [0.717, 1.165) is 0 Å². The van der Waals surface area contributed by atoms with Crippen LogP contribution in [0.2, 0.25) is 5.15 Å². The van der Waals surface area contributed by atoms with Gasteiger partial charge in [0.2, 0.25) is 0 Å². The number of nitrogens with one attached hydrogen (secondary N) is 1. The van der Waals surface area contributed by atoms with Crippen molar-refractivity contribution in [1.82, 2.24) is 9.97 Å². The molecule has 0 aliphatic rings. The first-order valence-corrected chi connectivity index (χ1v) is 4.56. The van der Waals surface area contributed by atoms with Crippen molar-refractivity contribution < 1.29 is 4.79 Å². The van der Waals surface area contributed by atoms with Gasteiger partial charge in [-0.05, 0) is 20.8 Å². The van der Waals surface area contributed by atoms with E-state index >= 15 is 0 Å². The minimum atomic E-state index is -0.110. The van der Waals surface area contributed by atoms with Crippen LogP contribution < -0.4 is 5.32 Å². The molecule has 0 saturated heterocycles. The lowest BCUT2D eigenvalue weighted by Crippen LogP contribution is -2.26. The van der Waals surface area contributed by atoms with Crippen molar-refractivity contribution in [2.75, 3.05) is 5.32 Å². The molecule has 0 saturated carbocycles. The van der Waals surface area contributed by atoms with Crippen molar-refractivity contribution in [2.24, 2.45) is 0 Å². The second-order valence-electron chi connectivity index (χ2n) is 3.92. The van der Waals surface area contributed by atoms with Crippen molar-refractivity contribution in [2.45, 2.75) is 26.3 Å². The van der Waals surface area contributed by atoms with Gasteiger partial charge >= 0.3 is 0 Å². The first kappa shape index (κ1) is 10.9. The Kier molecular flexibility index (Phi) is 3.06. The molecule has 1 aromatic rings. The van der Waals surface area contributed by atoms with E-state index in [0.29, 0.717) is 12.1 Å². The summed E-state index contributed by atoms with van der Waals surface area (Å²) in [5.41, 5.74) is 0.0480. The largest absolute Gasteiger partial charge is 0.364 e. The van der Waals surface area contributed by atoms with Crippen molar-refractivity contribution >= 4 is 23.7 Å². The average molecular weight is 214 g/mol. The summed E-state index contributed by atoms with van der Waals surface area (Å²) in [6, 6.07) is 0. The van der Waals surface area contributed by atoms with E-state index in [1.807, 2.05) is 20.8 Å². The molecule has 4 nitrogen and oxygen atoms in total. The Hall–Kier alpha value is -1.16. The van der Waals surface area contributed by atoms with Gasteiger partial charge in [-0.25, -0.2) is 9.97 Å². The van der Waals surface area contributed by atoms with Crippen LogP contribution in [-0.2, 0) is 0 Å². The molecule has 0 unspecified atom stereocenters. The van der Waals surface area contributed by atoms with Crippen LogP contribution >= 0.6 is 11.6 Å². The molecule has 1 N–H and O–H groups in total. The Labute approximate surface area is 87.7 Å². The molecule has 5 heteroatoms. The van der Waals surface area contributed by atoms with E-state index in [2.05, 4.69) is 15.3 Å². The average Bonchev–Trinajstić information content (AvgIpc) is 2.01. The van der Waals surface area contributed by atoms with Crippen molar-refractivity contribution in [3.8, 4) is 0 Å². The summed E-state index contributed by atoms with van der Waals surface area (Å²) in [4.78, 5) is 18.3. The molecule has 76 valence electrons. The highest BCUT2D eigenvalue weighted by atomic mass is 35.5. The highest BCUT2D eigenvalue weighted by Gasteiger charge is 2.11. The Bertz CT molecular complexity index is 346. The summed E-state index contributed by atoms with van der Waals surface area (Å²) in [5, 5.41) is 3.22. The van der Waals surface area contributed by atoms with Crippen LogP contribution in [0.4, 0.5) is 5.82 Å². The maximum atomic E-state index is 10.4. The first-order chi connectivity index (χ1) is 6.42. The van der Waals surface area contributed by atoms with Gasteiger partial charge in [0.15, 0.2) is 11.4 Å². The molecular weight excluding hydrogens is 202 g/mol. The lowest BCUT2D eigenvalue weighted by atomic mass is 10.1. The van der Waals surface area contributed by atoms with Gasteiger partial charge in [-0.3, -0.25) is 4.79 Å². The van der Waals surface area contributed by atoms with Gasteiger partial charge in [-0.15, -0.1) is 0 Å². The summed E-state index contributed by atoms with van der Waals surface area (Å²) in [6.45, 7) is 5.99. The zero-order chi connectivity index (χ0) is 10.8. The summed E-state index contributed by atoms with van der Waals surface area (Å²) in [6.07, 6.45) is 2.07. The third-order valence-electron chi connectivity index (χ3n) is 1.37. The van der Waals surface area contributed by atoms with Gasteiger partial charge in [0.1, 0.15) is 11.5 Å². The number of carbonyl (C=O) groups is 1. The van der Waals surface area contributed by atoms with E-state index in [1.165, 1.54) is 6.20 Å². The summed E-state index contributed by atoms with van der Waals surface area (Å²) < 4.78 is 0. The van der Waals surface area contributed by atoms with Gasteiger partial charge < -0.3 is 5.32 Å². The highest BCUT2D eigenvalue weighted by Crippen LogP contribution is 2.15. The smallest absolute Gasteiger partial charge is 0.171 e. The van der Waals surface area contributed by atoms with Gasteiger partial charge in [0.25, 0.3) is 0 Å². The van der Waals surface area contributed by atoms with Crippen LogP contribution in [0.15, 0.2) is 6.20 Å². The lowest BCUT2D eigenvalue weighted by molar-refractivity contribution is 0.111. The molecular formula is C9H12ClN3O. The molecule has 0 aliphatic heterocycles. The first-order valence-electron chi connectivity index (χ1n) is 4.18. The van der Waals surface area contributed by atoms with Gasteiger partial charge in [0.05, 0.1) is 6.20 Å². The Morgan fingerprint density at radius 2 is 2.14 bits per heavy atom. The fourth-order valence-electron chi connectivity index (χ4n) is 0.899. The summed E-state index contributed by atoms with van der Waals surface area (Å²) >= 11 is 5.71. The zero-order valence-electron chi connectivity index (χ0n) is 8.34. The van der Waals surface area contributed by atoms with Crippen LogP contribution in [0.1, 0.15) is 31.3 Å². The van der Waals surface area contributed by atoms with E-state index in [-0.39, 0.29) is 16.4 Å². The third-order valence-corrected chi connectivity index (χ3v) is 1.65. The molecule has 0 amide bonds. The van der Waals surface area contributed by atoms with Gasteiger partial charge in [-0.1, -0.05) is 11.6 Å². The molecule has 0 spiro atoms. The zero-order valence-corrected chi connectivity index (χ0v) is 9.09. The molecule has 0 fully saturated rings. The molecule has 1 rings (SSSR count). The third kappa shape index (κ3) is 2.96. The molecule has 1 heterocycles. The van der Waals surface area contributed by atoms with E-state index in [4.69, 9.17) is 11.6 Å². The SMILES string of the molecule is CC(C)(C)Nc1cnc(C=O)c(Cl)n1. The predicted molar refractivity (Wildman–Crippen MR) is 55.8 cm³/mol. The van der Waals surface area contributed by atoms with Crippen LogP contribution in [-0.4, -0.2) is 21.8 Å². The number of aromatic nitrogens is 2. The monoisotopic (exact) mass is 213 g/mol. The summed E-state index contributed by atoms with van der Waals surface area (Å²) in [7, 11) is 0. The molecule has 0 atom stereocenters. The number of nitrogens with zero attached hydrogens (tertiary/aromatic N) is 2. The quantitative estimate of drug-likeness (QED) is 0.765. The number of hydrogen-bond acceptors (Lipinski definition) is 4. The minimum absolute atomic E-state index is 0.110. The fourth-order valence-corrected chi connectivity index (χ4v) is 1.08. The number of halogens is 1. The second-order valence-corrected chi connectivity index (χ2v) is 4.28. The lowest BCUT2D eigenvalue weighted by Gasteiger charge is -2.20. The molecule has 0 aliphatic carbocycles. The van der Waals surface area contributed by atoms with Crippen LogP contribution in [0.3, 0.4) is 0 Å². The van der Waals surface area contributed by atoms with Crippen LogP contribution in [0, 0.1) is 0 Å². The molecule has 0 radical (unpaired) electrons. The standard InChI is InChI=1S/C9H12ClN3O/c1-9(2,3)13-7-4-11-6(5-14)8(10)12-7/h4-5H,1-3H3,(H,12,13). The number of aldehydes is 1. The molecule has 14 heavy (non-hydrogen) atoms. The topological polar surface area (TPSA) is 54.9 Å². The maximum absolute atomic E-state index is 10.4. The number of hydrogen-bond donors (Lipinski definition) is 1. The van der Waals surface area contributed by atoms with Gasteiger partial charge in [-0.2, -0.15) is 0 Å². The summed E-state index contributed by atoms with van der Waals surface area (Å²) in [5.74, 6) is 0.563. The molecule has 1 aromatic heterocycles. The highest BCUT2D eigenvalue weighted by molar-refractivity contribution is 6.31. The van der Waals surface area contributed by atoms with Gasteiger partial charge in [0, 0.05) is 5.54 Å². The number of anilines is 1. The van der Waals surface area contributed by atoms with Crippen LogP contribution in [0.25, 0.3) is 0 Å². The Morgan fingerprint density at radius 3 is 2.57 bits per heavy atom. The molecule has 0 bridgehead atoms. The van der Waals surface area contributed by atoms with E-state index < -0.39 is 0 Å². The van der Waals surface area contributed by atoms with E-state index in [9.17, 15) is 4.79 Å². The van der Waals surface area contributed by atoms with E-state index in [1.54, 1.807) is 0 Å². The minimum Gasteiger partial charge on any atom is -0.364 e. The maximum Gasteiger partial charge on any atom is 0.171 e. The van der Waals surface area contributed by atoms with Crippen molar-refractivity contribution in [1.29, 1.82) is 0 Å². The normalized spacial score (nSPS) is 11.1. The second kappa shape index (κ2) is 3.92. The number of rotatable bonds is 2. The Morgan fingerprint density at radius 1 is 1.50 bits per heavy atom. The molecule has 0 aromatic carbocycles. The van der Waals surface area contributed by atoms with Crippen molar-refractivity contribution in [3.63, 3.8) is 0 Å². The van der Waals surface area contributed by atoms with Crippen molar-refractivity contribution in [3.05, 3.63) is 17.0 Å². The Balaban J connectivity index is 2.92.